The summed E-state index contributed by atoms with van der Waals surface area (Å²) in [6.45, 7) is 5.95. The average Bonchev–Trinajstić information content (AvgIpc) is 3.23. The molecule has 0 spiro atoms. The van der Waals surface area contributed by atoms with E-state index < -0.39 is 0 Å². The van der Waals surface area contributed by atoms with E-state index in [1.807, 2.05) is 87.3 Å². The number of nitrogens with one attached hydrogen (secondary N) is 1. The molecule has 27 heavy (non-hydrogen) atoms. The van der Waals surface area contributed by atoms with Gasteiger partial charge >= 0.3 is 172 Å². The molecule has 2 aromatic carbocycles. The van der Waals surface area contributed by atoms with Gasteiger partial charge in [0.15, 0.2) is 0 Å². The Bertz CT molecular complexity index is 903. The van der Waals surface area contributed by atoms with Gasteiger partial charge in [0.05, 0.1) is 0 Å². The van der Waals surface area contributed by atoms with Gasteiger partial charge in [0.2, 0.25) is 0 Å². The summed E-state index contributed by atoms with van der Waals surface area (Å²) in [5, 5.41) is 2.11. The minimum absolute atomic E-state index is 0.772. The molecule has 0 saturated heterocycles. The van der Waals surface area contributed by atoms with E-state index in [0.717, 1.165) is 41.3 Å². The first-order chi connectivity index (χ1) is 13.2. The van der Waals surface area contributed by atoms with Gasteiger partial charge in [-0.1, -0.05) is 0 Å². The first kappa shape index (κ1) is 19.4. The summed E-state index contributed by atoms with van der Waals surface area (Å²) < 4.78 is 1.79. The number of aromatic amines is 1. The third-order valence-corrected chi connectivity index (χ3v) is 4.79. The Balaban J connectivity index is 2.01. The van der Waals surface area contributed by atoms with Crippen molar-refractivity contribution in [3.05, 3.63) is 72.4 Å². The van der Waals surface area contributed by atoms with Crippen LogP contribution in [0.15, 0.2) is 71.9 Å². The van der Waals surface area contributed by atoms with Gasteiger partial charge in [-0.05, 0) is 0 Å². The number of para-hydroxylation sites is 2. The van der Waals surface area contributed by atoms with E-state index in [-0.39, 0.29) is 0 Å². The molecule has 1 N–H and O–H groups in total. The van der Waals surface area contributed by atoms with Crippen molar-refractivity contribution in [3.63, 3.8) is 0 Å². The Morgan fingerprint density at radius 3 is 2.48 bits per heavy atom. The van der Waals surface area contributed by atoms with Crippen molar-refractivity contribution in [1.29, 1.82) is 0 Å². The molecule has 3 aromatic rings. The van der Waals surface area contributed by atoms with Crippen molar-refractivity contribution in [2.45, 2.75) is 13.8 Å². The molecule has 0 radical (unpaired) electrons. The van der Waals surface area contributed by atoms with Gasteiger partial charge in [-0.15, -0.1) is 0 Å². The third kappa shape index (κ3) is 4.89. The van der Waals surface area contributed by atoms with Crippen LogP contribution in [0.25, 0.3) is 11.3 Å². The number of aromatic nitrogens is 1. The van der Waals surface area contributed by atoms with Gasteiger partial charge in [0.25, 0.3) is 0 Å². The van der Waals surface area contributed by atoms with Crippen LogP contribution in [0.2, 0.25) is 0 Å². The zero-order valence-corrected chi connectivity index (χ0v) is 17.2. The Morgan fingerprint density at radius 2 is 1.81 bits per heavy atom. The molecular weight excluding hydrogens is 372 g/mol. The number of hydrogen-bond acceptors (Lipinski definition) is 3. The van der Waals surface area contributed by atoms with Gasteiger partial charge in [-0.2, -0.15) is 0 Å². The molecule has 3 rings (SSSR count). The molecular formula is C21H23N4OTi+. The maximum atomic E-state index is 6.28. The summed E-state index contributed by atoms with van der Waals surface area (Å²) in [6.07, 6.45) is 3.77. The van der Waals surface area contributed by atoms with Crippen LogP contribution in [0, 0.1) is 0 Å². The van der Waals surface area contributed by atoms with Gasteiger partial charge in [0, 0.05) is 0 Å². The van der Waals surface area contributed by atoms with Gasteiger partial charge in [-0.25, -0.2) is 0 Å². The molecule has 0 saturated carbocycles. The predicted octanol–water partition coefficient (Wildman–Crippen LogP) is 4.73. The first-order valence-electron chi connectivity index (χ1n) is 9.03. The Morgan fingerprint density at radius 1 is 1.04 bits per heavy atom. The molecule has 6 heteroatoms. The molecule has 1 heterocycles. The van der Waals surface area contributed by atoms with Crippen molar-refractivity contribution in [2.24, 2.45) is 4.99 Å². The molecule has 0 atom stereocenters. The fraction of sp³-hybridized carbons (Fsp3) is 0.190. The zero-order chi connectivity index (χ0) is 19.1. The van der Waals surface area contributed by atoms with Gasteiger partial charge in [-0.3, -0.25) is 0 Å². The second-order valence-corrected chi connectivity index (χ2v) is 6.50. The van der Waals surface area contributed by atoms with Crippen LogP contribution in [0.1, 0.15) is 19.4 Å². The van der Waals surface area contributed by atoms with Gasteiger partial charge < -0.3 is 0 Å². The summed E-state index contributed by atoms with van der Waals surface area (Å²) in [4.78, 5) is 14.2. The number of benzene rings is 2. The average molecular weight is 395 g/mol. The van der Waals surface area contributed by atoms with Crippen molar-refractivity contribution in [2.75, 3.05) is 13.1 Å². The quantitative estimate of drug-likeness (QED) is 0.341. The number of aliphatic imine (C=N–C) groups is 1. The Hall–Kier alpha value is -2.34. The number of hydrazine groups is 1. The van der Waals surface area contributed by atoms with E-state index in [4.69, 9.17) is 4.84 Å². The monoisotopic (exact) mass is 395 g/mol. The van der Waals surface area contributed by atoms with E-state index in [1.165, 1.54) is 0 Å². The van der Waals surface area contributed by atoms with Crippen LogP contribution in [0.4, 0.5) is 5.69 Å². The number of H-pyrrole nitrogens is 1. The SMILES string of the molecule is CCN(CC)[N+](=[Ti])Oc1c(C=Nc2ccccc2)cccc1-c1ccc[nH]1. The summed E-state index contributed by atoms with van der Waals surface area (Å²) in [5.41, 5.74) is 3.83. The van der Waals surface area contributed by atoms with Crippen LogP contribution in [0.3, 0.4) is 0 Å². The fourth-order valence-corrected chi connectivity index (χ4v) is 3.34. The summed E-state index contributed by atoms with van der Waals surface area (Å²) in [7, 11) is 0. The van der Waals surface area contributed by atoms with E-state index >= 15 is 0 Å². The summed E-state index contributed by atoms with van der Waals surface area (Å²) in [5.74, 6) is 0.772. The summed E-state index contributed by atoms with van der Waals surface area (Å²) >= 11 is 1.93. The fourth-order valence-electron chi connectivity index (χ4n) is 2.75. The molecule has 0 unspecified atom stereocenters. The van der Waals surface area contributed by atoms with Crippen molar-refractivity contribution >= 4 is 11.9 Å². The number of rotatable bonds is 8. The van der Waals surface area contributed by atoms with E-state index in [9.17, 15) is 0 Å². The van der Waals surface area contributed by atoms with Crippen molar-refractivity contribution in [1.82, 2.24) is 9.99 Å². The molecule has 1 aromatic heterocycles. The van der Waals surface area contributed by atoms with Crippen LogP contribution >= 0.6 is 0 Å². The molecule has 0 bridgehead atoms. The topological polar surface area (TPSA) is 43.6 Å². The molecule has 0 amide bonds. The van der Waals surface area contributed by atoms with Crippen LogP contribution in [-0.4, -0.2) is 32.6 Å². The van der Waals surface area contributed by atoms with Crippen LogP contribution in [-0.2, 0) is 20.3 Å². The Kier molecular flexibility index (Phi) is 6.88. The molecule has 0 aliphatic carbocycles. The minimum atomic E-state index is 0.772. The zero-order valence-electron chi connectivity index (χ0n) is 15.6. The molecule has 5 nitrogen and oxygen atoms in total. The number of hydrogen-bond donors (Lipinski definition) is 1. The maximum absolute atomic E-state index is 6.28. The number of nitrogens with zero attached hydrogens (tertiary/aromatic N) is 3. The van der Waals surface area contributed by atoms with Crippen LogP contribution in [0.5, 0.6) is 5.75 Å². The second kappa shape index (κ2) is 9.56. The molecule has 0 aliphatic heterocycles. The van der Waals surface area contributed by atoms with Crippen molar-refractivity contribution < 1.29 is 28.4 Å². The second-order valence-electron chi connectivity index (χ2n) is 5.90. The van der Waals surface area contributed by atoms with Crippen LogP contribution < -0.4 is 4.84 Å². The Labute approximate surface area is 171 Å². The summed E-state index contributed by atoms with van der Waals surface area (Å²) in [6, 6.07) is 20.0. The van der Waals surface area contributed by atoms with E-state index in [1.54, 1.807) is 3.27 Å². The molecule has 0 fully saturated rings. The normalized spacial score (nSPS) is 11.2. The predicted molar refractivity (Wildman–Crippen MR) is 104 cm³/mol. The molecule has 0 aliphatic rings. The van der Waals surface area contributed by atoms with Crippen molar-refractivity contribution in [3.8, 4) is 17.0 Å². The standard InChI is InChI=1S/C21H23N4O.Ti/c1-3-25(4-2)24-26-21-17(16-23-18-11-6-5-7-12-18)10-8-13-19(21)20-14-9-15-22-20;/h5-16,22H,3-4H2,1-2H3;/q-1;+2. The first-order valence-corrected chi connectivity index (χ1v) is 9.72. The van der Waals surface area contributed by atoms with E-state index in [0.29, 0.717) is 0 Å². The molecule has 136 valence electrons. The van der Waals surface area contributed by atoms with Gasteiger partial charge in [0.1, 0.15) is 0 Å². The van der Waals surface area contributed by atoms with E-state index in [2.05, 4.69) is 34.9 Å². The third-order valence-electron chi connectivity index (χ3n) is 4.21.